The predicted octanol–water partition coefficient (Wildman–Crippen LogP) is 3.65. The van der Waals surface area contributed by atoms with Gasteiger partial charge in [0.2, 0.25) is 0 Å². The fourth-order valence-corrected chi connectivity index (χ4v) is 3.01. The molecule has 16 heavy (non-hydrogen) atoms. The molecule has 0 spiro atoms. The molecule has 1 aliphatic rings. The van der Waals surface area contributed by atoms with Crippen LogP contribution in [0.3, 0.4) is 0 Å². The lowest BCUT2D eigenvalue weighted by atomic mass is 9.65. The zero-order valence-corrected chi connectivity index (χ0v) is 10.6. The van der Waals surface area contributed by atoms with Crippen molar-refractivity contribution in [2.75, 3.05) is 0 Å². The average molecular weight is 218 g/mol. The van der Waals surface area contributed by atoms with Gasteiger partial charge in [0.25, 0.3) is 0 Å². The Kier molecular flexibility index (Phi) is 2.83. The highest BCUT2D eigenvalue weighted by Crippen LogP contribution is 2.53. The van der Waals surface area contributed by atoms with E-state index in [1.165, 1.54) is 24.8 Å². The van der Waals surface area contributed by atoms with Crippen molar-refractivity contribution in [3.63, 3.8) is 0 Å². The van der Waals surface area contributed by atoms with Gasteiger partial charge in [-0.1, -0.05) is 51.5 Å². The Morgan fingerprint density at radius 1 is 1.06 bits per heavy atom. The number of hydrogen-bond acceptors (Lipinski definition) is 1. The van der Waals surface area contributed by atoms with Gasteiger partial charge in [-0.3, -0.25) is 0 Å². The molecule has 0 unspecified atom stereocenters. The molecule has 1 aromatic carbocycles. The van der Waals surface area contributed by atoms with Crippen LogP contribution in [0.25, 0.3) is 0 Å². The lowest BCUT2D eigenvalue weighted by Gasteiger charge is -2.39. The minimum atomic E-state index is 0.139. The number of hydrogen-bond donors (Lipinski definition) is 1. The van der Waals surface area contributed by atoms with Crippen molar-refractivity contribution in [3.05, 3.63) is 35.4 Å². The second kappa shape index (κ2) is 3.89. The fraction of sp³-hybridized carbons (Fsp3) is 0.600. The first-order valence-electron chi connectivity index (χ1n) is 6.20. The largest absolute Gasteiger partial charge is 0.392 e. The van der Waals surface area contributed by atoms with Crippen molar-refractivity contribution in [1.82, 2.24) is 0 Å². The van der Waals surface area contributed by atoms with Crippen LogP contribution < -0.4 is 0 Å². The molecule has 1 nitrogen and oxygen atoms in total. The molecule has 1 fully saturated rings. The van der Waals surface area contributed by atoms with E-state index in [9.17, 15) is 0 Å². The summed E-state index contributed by atoms with van der Waals surface area (Å²) in [6.07, 6.45) is 3.91. The molecule has 1 aromatic rings. The van der Waals surface area contributed by atoms with E-state index in [-0.39, 0.29) is 6.61 Å². The van der Waals surface area contributed by atoms with E-state index >= 15 is 0 Å². The highest BCUT2D eigenvalue weighted by Gasteiger charge is 2.45. The van der Waals surface area contributed by atoms with Crippen LogP contribution in [0.5, 0.6) is 0 Å². The topological polar surface area (TPSA) is 20.2 Å². The van der Waals surface area contributed by atoms with E-state index in [0.29, 0.717) is 10.8 Å². The molecule has 88 valence electrons. The lowest BCUT2D eigenvalue weighted by Crippen LogP contribution is -2.33. The Labute approximate surface area is 98.5 Å². The van der Waals surface area contributed by atoms with Gasteiger partial charge in [-0.2, -0.15) is 0 Å². The van der Waals surface area contributed by atoms with Crippen LogP contribution in [0.15, 0.2) is 24.3 Å². The van der Waals surface area contributed by atoms with Crippen molar-refractivity contribution < 1.29 is 5.11 Å². The maximum atomic E-state index is 9.06. The van der Waals surface area contributed by atoms with Crippen molar-refractivity contribution in [2.45, 2.75) is 52.1 Å². The van der Waals surface area contributed by atoms with Crippen LogP contribution in [-0.2, 0) is 12.0 Å². The number of aliphatic hydroxyl groups is 1. The van der Waals surface area contributed by atoms with E-state index in [0.717, 1.165) is 5.56 Å². The molecule has 0 aromatic heterocycles. The van der Waals surface area contributed by atoms with E-state index in [2.05, 4.69) is 45.0 Å². The van der Waals surface area contributed by atoms with Gasteiger partial charge < -0.3 is 5.11 Å². The maximum Gasteiger partial charge on any atom is 0.0681 e. The molecule has 1 saturated carbocycles. The van der Waals surface area contributed by atoms with E-state index in [1.54, 1.807) is 0 Å². The van der Waals surface area contributed by atoms with Gasteiger partial charge in [0.05, 0.1) is 6.61 Å². The molecule has 0 bridgehead atoms. The van der Waals surface area contributed by atoms with Crippen LogP contribution in [-0.4, -0.2) is 5.11 Å². The first kappa shape index (κ1) is 11.7. The summed E-state index contributed by atoms with van der Waals surface area (Å²) in [6.45, 7) is 7.27. The van der Waals surface area contributed by atoms with Crippen LogP contribution in [0.4, 0.5) is 0 Å². The van der Waals surface area contributed by atoms with E-state index in [1.807, 2.05) is 0 Å². The summed E-state index contributed by atoms with van der Waals surface area (Å²) < 4.78 is 0. The van der Waals surface area contributed by atoms with Crippen molar-refractivity contribution in [1.29, 1.82) is 0 Å². The van der Waals surface area contributed by atoms with Crippen LogP contribution in [0.2, 0.25) is 0 Å². The van der Waals surface area contributed by atoms with Crippen LogP contribution in [0.1, 0.15) is 51.2 Å². The smallest absolute Gasteiger partial charge is 0.0681 e. The predicted molar refractivity (Wildman–Crippen MR) is 67.3 cm³/mol. The maximum absolute atomic E-state index is 9.06. The lowest BCUT2D eigenvalue weighted by molar-refractivity contribution is 0.224. The van der Waals surface area contributed by atoms with Crippen LogP contribution >= 0.6 is 0 Å². The van der Waals surface area contributed by atoms with Gasteiger partial charge >= 0.3 is 0 Å². The molecule has 0 aliphatic heterocycles. The standard InChI is InChI=1S/C15H22O/c1-14(2)9-4-10-15(14,3)13-7-5-12(11-16)6-8-13/h5-8,16H,4,9-11H2,1-3H3/t15-/m0/s1. The Bertz CT molecular complexity index is 364. The van der Waals surface area contributed by atoms with Gasteiger partial charge in [0.15, 0.2) is 0 Å². The van der Waals surface area contributed by atoms with E-state index in [4.69, 9.17) is 5.11 Å². The van der Waals surface area contributed by atoms with Gasteiger partial charge in [0, 0.05) is 0 Å². The highest BCUT2D eigenvalue weighted by atomic mass is 16.3. The normalized spacial score (nSPS) is 28.2. The van der Waals surface area contributed by atoms with Gasteiger partial charge in [-0.25, -0.2) is 0 Å². The van der Waals surface area contributed by atoms with Crippen molar-refractivity contribution >= 4 is 0 Å². The summed E-state index contributed by atoms with van der Waals surface area (Å²) in [5.74, 6) is 0. The second-order valence-corrected chi connectivity index (χ2v) is 5.92. The fourth-order valence-electron chi connectivity index (χ4n) is 3.01. The van der Waals surface area contributed by atoms with Crippen molar-refractivity contribution in [3.8, 4) is 0 Å². The van der Waals surface area contributed by atoms with Gasteiger partial charge in [0.1, 0.15) is 0 Å². The quantitative estimate of drug-likeness (QED) is 0.803. The minimum absolute atomic E-state index is 0.139. The highest BCUT2D eigenvalue weighted by molar-refractivity contribution is 5.31. The Morgan fingerprint density at radius 2 is 1.69 bits per heavy atom. The zero-order chi connectivity index (χ0) is 11.8. The first-order valence-corrected chi connectivity index (χ1v) is 6.20. The number of rotatable bonds is 2. The first-order chi connectivity index (χ1) is 7.49. The third-order valence-electron chi connectivity index (χ3n) is 4.75. The molecule has 2 rings (SSSR count). The Morgan fingerprint density at radius 3 is 2.12 bits per heavy atom. The van der Waals surface area contributed by atoms with Crippen LogP contribution in [0, 0.1) is 5.41 Å². The summed E-state index contributed by atoms with van der Waals surface area (Å²) in [6, 6.07) is 8.49. The molecule has 0 radical (unpaired) electrons. The average Bonchev–Trinajstić information content (AvgIpc) is 2.55. The molecule has 0 heterocycles. The Hall–Kier alpha value is -0.820. The summed E-state index contributed by atoms with van der Waals surface area (Å²) in [4.78, 5) is 0. The molecular weight excluding hydrogens is 196 g/mol. The summed E-state index contributed by atoms with van der Waals surface area (Å²) in [7, 11) is 0. The molecule has 1 atom stereocenters. The molecule has 1 N–H and O–H groups in total. The van der Waals surface area contributed by atoms with Gasteiger partial charge in [-0.15, -0.1) is 0 Å². The summed E-state index contributed by atoms with van der Waals surface area (Å²) in [5, 5.41) is 9.06. The molecule has 1 heteroatoms. The number of aliphatic hydroxyl groups excluding tert-OH is 1. The van der Waals surface area contributed by atoms with Crippen molar-refractivity contribution in [2.24, 2.45) is 5.41 Å². The zero-order valence-electron chi connectivity index (χ0n) is 10.6. The van der Waals surface area contributed by atoms with Gasteiger partial charge in [-0.05, 0) is 34.8 Å². The summed E-state index contributed by atoms with van der Waals surface area (Å²) >= 11 is 0. The third-order valence-corrected chi connectivity index (χ3v) is 4.75. The number of benzene rings is 1. The molecule has 1 aliphatic carbocycles. The van der Waals surface area contributed by atoms with E-state index < -0.39 is 0 Å². The third kappa shape index (κ3) is 1.67. The SMILES string of the molecule is CC1(C)CCC[C@@]1(C)c1ccc(CO)cc1. The molecular formula is C15H22O. The minimum Gasteiger partial charge on any atom is -0.392 e. The molecule has 0 amide bonds. The summed E-state index contributed by atoms with van der Waals surface area (Å²) in [5.41, 5.74) is 3.10. The monoisotopic (exact) mass is 218 g/mol. The molecule has 0 saturated heterocycles. The second-order valence-electron chi connectivity index (χ2n) is 5.92. The Balaban J connectivity index is 2.35.